The largest absolute Gasteiger partial charge is 0.445 e. The predicted octanol–water partition coefficient (Wildman–Crippen LogP) is 2.77. The highest BCUT2D eigenvalue weighted by Crippen LogP contribution is 2.35. The van der Waals surface area contributed by atoms with Gasteiger partial charge in [0, 0.05) is 18.7 Å². The summed E-state index contributed by atoms with van der Waals surface area (Å²) >= 11 is 0. The molecule has 0 rings (SSSR count). The lowest BCUT2D eigenvalue weighted by Crippen LogP contribution is -2.01. The first kappa shape index (κ1) is 10.9. The molecule has 3 heteroatoms. The molecular weight excluding hydrogens is 159 g/mol. The fourth-order valence-corrected chi connectivity index (χ4v) is 1.83. The van der Waals surface area contributed by atoms with E-state index in [1.54, 1.807) is 0 Å². The number of hydrogen-bond donors (Lipinski definition) is 0. The third-order valence-electron chi connectivity index (χ3n) is 1.39. The van der Waals surface area contributed by atoms with E-state index in [1.165, 1.54) is 0 Å². The van der Waals surface area contributed by atoms with Crippen LogP contribution in [0.15, 0.2) is 0 Å². The highest BCUT2D eigenvalue weighted by atomic mass is 31.1. The molecule has 66 valence electrons. The molecular formula is C8H17O2P. The first-order chi connectivity index (χ1) is 5.24. The summed E-state index contributed by atoms with van der Waals surface area (Å²) in [5.74, 6) is -0.0256. The van der Waals surface area contributed by atoms with Crippen molar-refractivity contribution in [2.24, 2.45) is 0 Å². The third-order valence-corrected chi connectivity index (χ3v) is 3.26. The smallest absolute Gasteiger partial charge is 0.308 e. The summed E-state index contributed by atoms with van der Waals surface area (Å²) in [4.78, 5) is 11.0. The molecule has 0 radical (unpaired) electrons. The van der Waals surface area contributed by atoms with Crippen LogP contribution in [0.3, 0.4) is 0 Å². The molecule has 0 aromatic heterocycles. The van der Waals surface area contributed by atoms with Gasteiger partial charge >= 0.3 is 5.97 Å². The van der Waals surface area contributed by atoms with Gasteiger partial charge in [-0.15, -0.1) is 0 Å². The molecule has 0 unspecified atom stereocenters. The van der Waals surface area contributed by atoms with Crippen LogP contribution < -0.4 is 0 Å². The average molecular weight is 176 g/mol. The van der Waals surface area contributed by atoms with E-state index in [-0.39, 0.29) is 5.97 Å². The van der Waals surface area contributed by atoms with Crippen LogP contribution in [-0.2, 0) is 9.32 Å². The quantitative estimate of drug-likeness (QED) is 0.602. The summed E-state index contributed by atoms with van der Waals surface area (Å²) < 4.78 is 5.22. The minimum atomic E-state index is -0.457. The fourth-order valence-electron chi connectivity index (χ4n) is 0.746. The molecule has 0 spiro atoms. The first-order valence-electron chi connectivity index (χ1n) is 4.20. The molecule has 11 heavy (non-hydrogen) atoms. The number of carbonyl (C=O) groups is 1. The Balaban J connectivity index is 3.54. The zero-order chi connectivity index (χ0) is 8.69. The summed E-state index contributed by atoms with van der Waals surface area (Å²) in [7, 11) is -0.457. The van der Waals surface area contributed by atoms with Crippen molar-refractivity contribution in [1.29, 1.82) is 0 Å². The van der Waals surface area contributed by atoms with E-state index in [0.717, 1.165) is 18.7 Å². The van der Waals surface area contributed by atoms with Crippen molar-refractivity contribution in [3.63, 3.8) is 0 Å². The van der Waals surface area contributed by atoms with E-state index in [2.05, 4.69) is 13.8 Å². The molecule has 0 atom stereocenters. The van der Waals surface area contributed by atoms with Gasteiger partial charge in [-0.05, 0) is 6.42 Å². The van der Waals surface area contributed by atoms with Gasteiger partial charge in [0.1, 0.15) is 0 Å². The minimum Gasteiger partial charge on any atom is -0.445 e. The summed E-state index contributed by atoms with van der Waals surface area (Å²) in [6.45, 7) is 6.12. The molecule has 0 fully saturated rings. The highest BCUT2D eigenvalue weighted by Gasteiger charge is 2.08. The summed E-state index contributed by atoms with van der Waals surface area (Å²) in [5.41, 5.74) is 0. The molecule has 0 saturated heterocycles. The molecule has 0 aromatic carbocycles. The van der Waals surface area contributed by atoms with Crippen molar-refractivity contribution in [1.82, 2.24) is 0 Å². The molecule has 0 aliphatic heterocycles. The molecule has 0 bridgehead atoms. The molecule has 0 heterocycles. The van der Waals surface area contributed by atoms with Gasteiger partial charge in [-0.2, -0.15) is 0 Å². The van der Waals surface area contributed by atoms with Gasteiger partial charge in [0.15, 0.2) is 0 Å². The van der Waals surface area contributed by atoms with E-state index in [1.807, 2.05) is 6.92 Å². The lowest BCUT2D eigenvalue weighted by atomic mass is 10.4. The van der Waals surface area contributed by atoms with Gasteiger partial charge in [-0.1, -0.05) is 20.8 Å². The molecule has 0 aliphatic rings. The first-order valence-corrected chi connectivity index (χ1v) is 5.83. The van der Waals surface area contributed by atoms with E-state index < -0.39 is 8.15 Å². The van der Waals surface area contributed by atoms with E-state index in [9.17, 15) is 4.79 Å². The topological polar surface area (TPSA) is 26.3 Å². The van der Waals surface area contributed by atoms with E-state index in [4.69, 9.17) is 4.52 Å². The molecule has 2 nitrogen and oxygen atoms in total. The molecule has 0 saturated carbocycles. The highest BCUT2D eigenvalue weighted by molar-refractivity contribution is 7.52. The second-order valence-corrected chi connectivity index (χ2v) is 4.74. The maximum atomic E-state index is 11.0. The van der Waals surface area contributed by atoms with Crippen LogP contribution >= 0.6 is 8.15 Å². The van der Waals surface area contributed by atoms with Crippen molar-refractivity contribution in [3.05, 3.63) is 0 Å². The van der Waals surface area contributed by atoms with Gasteiger partial charge in [0.05, 0.1) is 8.15 Å². The van der Waals surface area contributed by atoms with Gasteiger partial charge in [0.25, 0.3) is 0 Å². The van der Waals surface area contributed by atoms with Gasteiger partial charge < -0.3 is 4.52 Å². The van der Waals surface area contributed by atoms with Crippen LogP contribution in [0.25, 0.3) is 0 Å². The molecule has 0 aromatic rings. The van der Waals surface area contributed by atoms with Crippen molar-refractivity contribution in [3.8, 4) is 0 Å². The van der Waals surface area contributed by atoms with Crippen LogP contribution in [0.2, 0.25) is 0 Å². The number of hydrogen-bond acceptors (Lipinski definition) is 2. The Hall–Kier alpha value is -0.100. The van der Waals surface area contributed by atoms with Crippen molar-refractivity contribution < 1.29 is 9.32 Å². The Morgan fingerprint density at radius 3 is 2.18 bits per heavy atom. The fraction of sp³-hybridized carbons (Fsp3) is 0.875. The summed E-state index contributed by atoms with van der Waals surface area (Å²) in [5, 5.41) is 0. The molecule has 0 N–H and O–H groups in total. The summed E-state index contributed by atoms with van der Waals surface area (Å²) in [6, 6.07) is 0. The SMILES string of the molecule is CCCC(=O)OP(CC)CC. The Morgan fingerprint density at radius 1 is 1.27 bits per heavy atom. The Kier molecular flexibility index (Phi) is 6.54. The Labute approximate surface area is 70.2 Å². The Morgan fingerprint density at radius 2 is 1.82 bits per heavy atom. The standard InChI is InChI=1S/C8H17O2P/c1-4-7-8(9)10-11(5-2)6-3/h4-7H2,1-3H3. The van der Waals surface area contributed by atoms with Gasteiger partial charge in [-0.3, -0.25) is 4.79 Å². The zero-order valence-corrected chi connectivity index (χ0v) is 8.49. The maximum absolute atomic E-state index is 11.0. The number of rotatable bonds is 5. The predicted molar refractivity (Wildman–Crippen MR) is 49.0 cm³/mol. The molecule has 0 amide bonds. The monoisotopic (exact) mass is 176 g/mol. The second-order valence-electron chi connectivity index (χ2n) is 2.33. The van der Waals surface area contributed by atoms with Crippen LogP contribution in [0, 0.1) is 0 Å². The molecule has 0 aliphatic carbocycles. The van der Waals surface area contributed by atoms with E-state index in [0.29, 0.717) is 6.42 Å². The van der Waals surface area contributed by atoms with Gasteiger partial charge in [-0.25, -0.2) is 0 Å². The Bertz CT molecular complexity index is 111. The second kappa shape index (κ2) is 6.60. The number of carbonyl (C=O) groups excluding carboxylic acids is 1. The average Bonchev–Trinajstić information content (AvgIpc) is 2.01. The zero-order valence-electron chi connectivity index (χ0n) is 7.59. The van der Waals surface area contributed by atoms with Crippen molar-refractivity contribution in [2.75, 3.05) is 12.3 Å². The van der Waals surface area contributed by atoms with Crippen LogP contribution in [0.4, 0.5) is 0 Å². The van der Waals surface area contributed by atoms with Gasteiger partial charge in [0.2, 0.25) is 0 Å². The van der Waals surface area contributed by atoms with Crippen LogP contribution in [-0.4, -0.2) is 18.3 Å². The third kappa shape index (κ3) is 5.20. The van der Waals surface area contributed by atoms with Crippen LogP contribution in [0.1, 0.15) is 33.6 Å². The lowest BCUT2D eigenvalue weighted by Gasteiger charge is -2.12. The summed E-state index contributed by atoms with van der Waals surface area (Å²) in [6.07, 6.45) is 3.43. The lowest BCUT2D eigenvalue weighted by molar-refractivity contribution is -0.133. The van der Waals surface area contributed by atoms with Crippen molar-refractivity contribution in [2.45, 2.75) is 33.6 Å². The van der Waals surface area contributed by atoms with Crippen molar-refractivity contribution >= 4 is 14.1 Å². The van der Waals surface area contributed by atoms with Crippen LogP contribution in [0.5, 0.6) is 0 Å². The van der Waals surface area contributed by atoms with E-state index >= 15 is 0 Å². The minimum absolute atomic E-state index is 0.0256. The maximum Gasteiger partial charge on any atom is 0.308 e. The normalized spacial score (nSPS) is 10.2.